The predicted octanol–water partition coefficient (Wildman–Crippen LogP) is 4.00. The molecule has 1 aromatic rings. The van der Waals surface area contributed by atoms with Crippen molar-refractivity contribution in [2.45, 2.75) is 45.4 Å². The van der Waals surface area contributed by atoms with Gasteiger partial charge < -0.3 is 10.2 Å². The Hall–Kier alpha value is -1.51. The summed E-state index contributed by atoms with van der Waals surface area (Å²) < 4.78 is 0. The van der Waals surface area contributed by atoms with E-state index < -0.39 is 0 Å². The summed E-state index contributed by atoms with van der Waals surface area (Å²) in [5.41, 5.74) is 2.31. The lowest BCUT2D eigenvalue weighted by molar-refractivity contribution is 0.200. The fraction of sp³-hybridized carbons (Fsp3) is 0.562. The monoisotopic (exact) mass is 260 g/mol. The van der Waals surface area contributed by atoms with Crippen LogP contribution >= 0.6 is 0 Å². The van der Waals surface area contributed by atoms with Crippen LogP contribution < -0.4 is 5.32 Å². The van der Waals surface area contributed by atoms with Crippen molar-refractivity contribution in [2.24, 2.45) is 0 Å². The van der Waals surface area contributed by atoms with E-state index in [1.54, 1.807) is 0 Å². The number of likely N-dealkylation sites (tertiary alicyclic amines) is 1. The summed E-state index contributed by atoms with van der Waals surface area (Å²) in [4.78, 5) is 14.0. The molecule has 0 saturated carbocycles. The van der Waals surface area contributed by atoms with E-state index in [1.165, 1.54) is 12.0 Å². The van der Waals surface area contributed by atoms with Gasteiger partial charge in [0.15, 0.2) is 0 Å². The molecule has 3 nitrogen and oxygen atoms in total. The van der Waals surface area contributed by atoms with Gasteiger partial charge in [-0.25, -0.2) is 4.79 Å². The minimum absolute atomic E-state index is 0.0307. The zero-order chi connectivity index (χ0) is 13.9. The first-order valence-electron chi connectivity index (χ1n) is 7.13. The van der Waals surface area contributed by atoms with E-state index in [-0.39, 0.29) is 11.4 Å². The van der Waals surface area contributed by atoms with Gasteiger partial charge in [0.1, 0.15) is 0 Å². The Bertz CT molecular complexity index is 425. The predicted molar refractivity (Wildman–Crippen MR) is 79.6 cm³/mol. The first kappa shape index (κ1) is 13.9. The van der Waals surface area contributed by atoms with E-state index in [0.29, 0.717) is 0 Å². The number of hydrogen-bond donors (Lipinski definition) is 1. The molecule has 0 aliphatic carbocycles. The Morgan fingerprint density at radius 1 is 1.05 bits per heavy atom. The molecule has 0 spiro atoms. The summed E-state index contributed by atoms with van der Waals surface area (Å²) in [7, 11) is 0. The van der Waals surface area contributed by atoms with Crippen molar-refractivity contribution in [2.75, 3.05) is 18.4 Å². The molecule has 2 rings (SSSR count). The highest BCUT2D eigenvalue weighted by molar-refractivity contribution is 5.89. The van der Waals surface area contributed by atoms with Crippen LogP contribution in [0.3, 0.4) is 0 Å². The van der Waals surface area contributed by atoms with Crippen LogP contribution in [0.5, 0.6) is 0 Å². The highest BCUT2D eigenvalue weighted by Gasteiger charge is 2.17. The molecule has 1 fully saturated rings. The second kappa shape index (κ2) is 5.64. The fourth-order valence-corrected chi connectivity index (χ4v) is 2.35. The van der Waals surface area contributed by atoms with E-state index in [2.05, 4.69) is 38.2 Å². The van der Waals surface area contributed by atoms with Gasteiger partial charge >= 0.3 is 6.03 Å². The van der Waals surface area contributed by atoms with Crippen molar-refractivity contribution < 1.29 is 4.79 Å². The lowest BCUT2D eigenvalue weighted by Crippen LogP contribution is -2.38. The van der Waals surface area contributed by atoms with Crippen molar-refractivity contribution >= 4 is 11.7 Å². The van der Waals surface area contributed by atoms with E-state index in [1.807, 2.05) is 17.0 Å². The molecule has 0 aromatic heterocycles. The summed E-state index contributed by atoms with van der Waals surface area (Å²) >= 11 is 0. The van der Waals surface area contributed by atoms with E-state index in [4.69, 9.17) is 0 Å². The van der Waals surface area contributed by atoms with Crippen LogP contribution in [0, 0.1) is 0 Å². The van der Waals surface area contributed by atoms with Crippen molar-refractivity contribution in [3.05, 3.63) is 29.8 Å². The molecule has 0 radical (unpaired) electrons. The molecule has 104 valence electrons. The second-order valence-electron chi connectivity index (χ2n) is 6.31. The average molecular weight is 260 g/mol. The lowest BCUT2D eigenvalue weighted by atomic mass is 9.87. The SMILES string of the molecule is CC(C)(C)c1ccc(NC(=O)N2CCCCC2)cc1. The van der Waals surface area contributed by atoms with Gasteiger partial charge in [-0.15, -0.1) is 0 Å². The molecule has 1 heterocycles. The highest BCUT2D eigenvalue weighted by Crippen LogP contribution is 2.23. The molecule has 19 heavy (non-hydrogen) atoms. The molecule has 1 aliphatic rings. The van der Waals surface area contributed by atoms with Gasteiger partial charge in [-0.1, -0.05) is 32.9 Å². The van der Waals surface area contributed by atoms with Crippen LogP contribution in [-0.4, -0.2) is 24.0 Å². The van der Waals surface area contributed by atoms with Gasteiger partial charge in [0, 0.05) is 18.8 Å². The first-order chi connectivity index (χ1) is 8.97. The molecule has 1 saturated heterocycles. The Balaban J connectivity index is 1.97. The highest BCUT2D eigenvalue weighted by atomic mass is 16.2. The summed E-state index contributed by atoms with van der Waals surface area (Å²) in [6.07, 6.45) is 3.48. The van der Waals surface area contributed by atoms with Gasteiger partial charge in [-0.05, 0) is 42.4 Å². The Morgan fingerprint density at radius 3 is 2.16 bits per heavy atom. The maximum Gasteiger partial charge on any atom is 0.321 e. The van der Waals surface area contributed by atoms with Crippen LogP contribution in [0.1, 0.15) is 45.6 Å². The van der Waals surface area contributed by atoms with Crippen LogP contribution in [0.4, 0.5) is 10.5 Å². The number of nitrogens with zero attached hydrogens (tertiary/aromatic N) is 1. The fourth-order valence-electron chi connectivity index (χ4n) is 2.35. The molecular weight excluding hydrogens is 236 g/mol. The maximum absolute atomic E-state index is 12.1. The number of benzene rings is 1. The van der Waals surface area contributed by atoms with Crippen LogP contribution in [0.2, 0.25) is 0 Å². The number of anilines is 1. The standard InChI is InChI=1S/C16H24N2O/c1-16(2,3)13-7-9-14(10-8-13)17-15(19)18-11-5-4-6-12-18/h7-10H,4-6,11-12H2,1-3H3,(H,17,19). The van der Waals surface area contributed by atoms with Gasteiger partial charge in [-0.3, -0.25) is 0 Å². The third-order valence-electron chi connectivity index (χ3n) is 3.65. The van der Waals surface area contributed by atoms with Crippen LogP contribution in [0.15, 0.2) is 24.3 Å². The number of carbonyl (C=O) groups is 1. The Morgan fingerprint density at radius 2 is 1.63 bits per heavy atom. The van der Waals surface area contributed by atoms with Crippen molar-refractivity contribution in [1.29, 1.82) is 0 Å². The van der Waals surface area contributed by atoms with Gasteiger partial charge in [0.25, 0.3) is 0 Å². The van der Waals surface area contributed by atoms with Crippen molar-refractivity contribution in [1.82, 2.24) is 4.90 Å². The number of hydrogen-bond acceptors (Lipinski definition) is 1. The molecule has 1 N–H and O–H groups in total. The molecule has 3 heteroatoms. The Labute approximate surface area is 116 Å². The maximum atomic E-state index is 12.1. The summed E-state index contributed by atoms with van der Waals surface area (Å²) in [6, 6.07) is 8.19. The van der Waals surface area contributed by atoms with Crippen LogP contribution in [-0.2, 0) is 5.41 Å². The second-order valence-corrected chi connectivity index (χ2v) is 6.31. The van der Waals surface area contributed by atoms with Crippen molar-refractivity contribution in [3.63, 3.8) is 0 Å². The quantitative estimate of drug-likeness (QED) is 0.813. The van der Waals surface area contributed by atoms with E-state index in [0.717, 1.165) is 31.6 Å². The van der Waals surface area contributed by atoms with Gasteiger partial charge in [-0.2, -0.15) is 0 Å². The minimum atomic E-state index is 0.0307. The molecule has 1 aromatic carbocycles. The number of piperidine rings is 1. The lowest BCUT2D eigenvalue weighted by Gasteiger charge is -2.27. The number of urea groups is 1. The summed E-state index contributed by atoms with van der Waals surface area (Å²) in [6.45, 7) is 8.33. The van der Waals surface area contributed by atoms with Gasteiger partial charge in [0.05, 0.1) is 0 Å². The molecule has 0 bridgehead atoms. The molecular formula is C16H24N2O. The number of amides is 2. The zero-order valence-electron chi connectivity index (χ0n) is 12.2. The van der Waals surface area contributed by atoms with E-state index in [9.17, 15) is 4.79 Å². The number of carbonyl (C=O) groups excluding carboxylic acids is 1. The molecule has 0 atom stereocenters. The van der Waals surface area contributed by atoms with Gasteiger partial charge in [0.2, 0.25) is 0 Å². The van der Waals surface area contributed by atoms with Crippen LogP contribution in [0.25, 0.3) is 0 Å². The normalized spacial score (nSPS) is 16.3. The zero-order valence-corrected chi connectivity index (χ0v) is 12.2. The summed E-state index contributed by atoms with van der Waals surface area (Å²) in [5, 5.41) is 2.98. The Kier molecular flexibility index (Phi) is 4.13. The third kappa shape index (κ3) is 3.72. The largest absolute Gasteiger partial charge is 0.325 e. The third-order valence-corrected chi connectivity index (χ3v) is 3.65. The molecule has 0 unspecified atom stereocenters. The number of nitrogens with one attached hydrogen (secondary N) is 1. The summed E-state index contributed by atoms with van der Waals surface area (Å²) in [5.74, 6) is 0. The van der Waals surface area contributed by atoms with Crippen molar-refractivity contribution in [3.8, 4) is 0 Å². The molecule has 2 amide bonds. The smallest absolute Gasteiger partial charge is 0.321 e. The minimum Gasteiger partial charge on any atom is -0.325 e. The molecule has 1 aliphatic heterocycles. The first-order valence-corrected chi connectivity index (χ1v) is 7.13. The topological polar surface area (TPSA) is 32.3 Å². The van der Waals surface area contributed by atoms with E-state index >= 15 is 0 Å². The number of rotatable bonds is 1. The average Bonchev–Trinajstić information content (AvgIpc) is 2.39.